The van der Waals surface area contributed by atoms with Gasteiger partial charge in [0.1, 0.15) is 0 Å². The van der Waals surface area contributed by atoms with Crippen LogP contribution in [0.4, 0.5) is 0 Å². The quantitative estimate of drug-likeness (QED) is 0.206. The average molecular weight is 455 g/mol. The van der Waals surface area contributed by atoms with Gasteiger partial charge in [0.2, 0.25) is 11.8 Å². The number of likely N-dealkylation sites (tertiary alicyclic amines) is 1. The van der Waals surface area contributed by atoms with Crippen LogP contribution in [-0.2, 0) is 9.59 Å². The van der Waals surface area contributed by atoms with Crippen LogP contribution in [0.1, 0.15) is 91.4 Å². The number of carbonyl (C=O) groups is 2. The Morgan fingerprint density at radius 3 is 1.91 bits per heavy atom. The number of rotatable bonds is 16. The van der Waals surface area contributed by atoms with E-state index in [1.54, 1.807) is 0 Å². The van der Waals surface area contributed by atoms with Crippen LogP contribution in [0.2, 0.25) is 0 Å². The summed E-state index contributed by atoms with van der Waals surface area (Å²) in [7, 11) is 0. The predicted molar refractivity (Wildman–Crippen MR) is 141 cm³/mol. The SMILES string of the molecule is CC/C=C\C/C=C\C/C=C\C/C=C\C/C=C\CCCC(=O)N1CCC[C@H]1CC(C)(C)C(N)=O. The molecule has 1 rings (SSSR count). The lowest BCUT2D eigenvalue weighted by molar-refractivity contribution is -0.134. The minimum atomic E-state index is -0.567. The molecule has 1 aliphatic heterocycles. The van der Waals surface area contributed by atoms with Crippen molar-refractivity contribution in [2.75, 3.05) is 6.54 Å². The third-order valence-corrected chi connectivity index (χ3v) is 6.03. The Balaban J connectivity index is 2.14. The molecule has 0 bridgehead atoms. The molecular weight excluding hydrogens is 408 g/mol. The van der Waals surface area contributed by atoms with Gasteiger partial charge in [-0.25, -0.2) is 0 Å². The first-order valence-corrected chi connectivity index (χ1v) is 12.7. The molecule has 1 saturated heterocycles. The Morgan fingerprint density at radius 2 is 1.39 bits per heavy atom. The molecule has 1 fully saturated rings. The zero-order valence-corrected chi connectivity index (χ0v) is 21.2. The highest BCUT2D eigenvalue weighted by atomic mass is 16.2. The van der Waals surface area contributed by atoms with Gasteiger partial charge in [0.25, 0.3) is 0 Å². The summed E-state index contributed by atoms with van der Waals surface area (Å²) in [5, 5.41) is 0. The topological polar surface area (TPSA) is 63.4 Å². The molecule has 0 aromatic rings. The highest BCUT2D eigenvalue weighted by Crippen LogP contribution is 2.30. The van der Waals surface area contributed by atoms with Crippen molar-refractivity contribution < 1.29 is 9.59 Å². The van der Waals surface area contributed by atoms with Crippen molar-refractivity contribution in [2.45, 2.75) is 97.4 Å². The van der Waals surface area contributed by atoms with E-state index in [0.717, 1.165) is 64.3 Å². The number of hydrogen-bond acceptors (Lipinski definition) is 2. The molecule has 1 heterocycles. The molecular formula is C29H46N2O2. The standard InChI is InChI=1S/C29H46N2O2/c1-4-5-6-7-8-9-10-11-12-13-14-15-16-17-18-19-20-23-27(32)31-24-21-22-26(31)25-29(2,3)28(30)33/h5-6,8-9,11-12,14-15,17-18,26H,4,7,10,13,16,19-25H2,1-3H3,(H2,30,33)/b6-5-,9-8-,12-11-,15-14-,18-17-/t26-/m0/s1. The lowest BCUT2D eigenvalue weighted by Crippen LogP contribution is -2.41. The van der Waals surface area contributed by atoms with Crippen LogP contribution >= 0.6 is 0 Å². The van der Waals surface area contributed by atoms with Gasteiger partial charge in [0, 0.05) is 24.4 Å². The molecule has 2 N–H and O–H groups in total. The number of unbranched alkanes of at least 4 members (excludes halogenated alkanes) is 1. The van der Waals surface area contributed by atoms with Crippen molar-refractivity contribution in [1.82, 2.24) is 4.90 Å². The van der Waals surface area contributed by atoms with Crippen LogP contribution in [0, 0.1) is 5.41 Å². The van der Waals surface area contributed by atoms with Crippen LogP contribution in [0.15, 0.2) is 60.8 Å². The van der Waals surface area contributed by atoms with Crippen molar-refractivity contribution in [3.05, 3.63) is 60.8 Å². The number of nitrogens with zero attached hydrogens (tertiary/aromatic N) is 1. The van der Waals surface area contributed by atoms with E-state index < -0.39 is 5.41 Å². The van der Waals surface area contributed by atoms with Crippen LogP contribution in [-0.4, -0.2) is 29.3 Å². The van der Waals surface area contributed by atoms with Crippen molar-refractivity contribution in [1.29, 1.82) is 0 Å². The maximum atomic E-state index is 12.6. The highest BCUT2D eigenvalue weighted by molar-refractivity contribution is 5.80. The minimum Gasteiger partial charge on any atom is -0.369 e. The van der Waals surface area contributed by atoms with Crippen LogP contribution in [0.3, 0.4) is 0 Å². The van der Waals surface area contributed by atoms with E-state index in [2.05, 4.69) is 67.7 Å². The first-order valence-electron chi connectivity index (χ1n) is 12.7. The predicted octanol–water partition coefficient (Wildman–Crippen LogP) is 6.80. The van der Waals surface area contributed by atoms with E-state index in [9.17, 15) is 9.59 Å². The van der Waals surface area contributed by atoms with E-state index in [1.807, 2.05) is 18.7 Å². The zero-order chi connectivity index (χ0) is 24.4. The van der Waals surface area contributed by atoms with Gasteiger partial charge in [-0.1, -0.05) is 81.5 Å². The van der Waals surface area contributed by atoms with Gasteiger partial charge in [-0.3, -0.25) is 9.59 Å². The maximum absolute atomic E-state index is 12.6. The van der Waals surface area contributed by atoms with E-state index in [4.69, 9.17) is 5.73 Å². The summed E-state index contributed by atoms with van der Waals surface area (Å²) in [4.78, 5) is 26.2. The second kappa shape index (κ2) is 17.2. The number of primary amides is 1. The third-order valence-electron chi connectivity index (χ3n) is 6.03. The Bertz CT molecular complexity index is 713. The number of nitrogens with two attached hydrogens (primary N) is 1. The molecule has 1 atom stereocenters. The fraction of sp³-hybridized carbons (Fsp3) is 0.586. The smallest absolute Gasteiger partial charge is 0.223 e. The largest absolute Gasteiger partial charge is 0.369 e. The van der Waals surface area contributed by atoms with Gasteiger partial charge >= 0.3 is 0 Å². The van der Waals surface area contributed by atoms with Crippen LogP contribution in [0.5, 0.6) is 0 Å². The Labute approximate surface area is 202 Å². The van der Waals surface area contributed by atoms with Gasteiger partial charge in [-0.15, -0.1) is 0 Å². The second-order valence-electron chi connectivity index (χ2n) is 9.44. The molecule has 0 spiro atoms. The summed E-state index contributed by atoms with van der Waals surface area (Å²) >= 11 is 0. The number of carbonyl (C=O) groups excluding carboxylic acids is 2. The van der Waals surface area contributed by atoms with Crippen molar-refractivity contribution in [3.63, 3.8) is 0 Å². The van der Waals surface area contributed by atoms with Crippen molar-refractivity contribution in [2.24, 2.45) is 11.1 Å². The lowest BCUT2D eigenvalue weighted by atomic mass is 9.84. The summed E-state index contributed by atoms with van der Waals surface area (Å²) in [5.41, 5.74) is 4.95. The van der Waals surface area contributed by atoms with E-state index >= 15 is 0 Å². The van der Waals surface area contributed by atoms with E-state index in [1.165, 1.54) is 0 Å². The highest BCUT2D eigenvalue weighted by Gasteiger charge is 2.35. The molecule has 4 heteroatoms. The van der Waals surface area contributed by atoms with E-state index in [-0.39, 0.29) is 17.9 Å². The molecule has 0 aromatic carbocycles. The summed E-state index contributed by atoms with van der Waals surface area (Å²) in [6.45, 7) is 6.70. The molecule has 0 saturated carbocycles. The second-order valence-corrected chi connectivity index (χ2v) is 9.44. The molecule has 0 aliphatic carbocycles. The maximum Gasteiger partial charge on any atom is 0.223 e. The Kier molecular flexibility index (Phi) is 14.9. The zero-order valence-electron chi connectivity index (χ0n) is 21.2. The Morgan fingerprint density at radius 1 is 0.879 bits per heavy atom. The number of hydrogen-bond donors (Lipinski definition) is 1. The monoisotopic (exact) mass is 454 g/mol. The van der Waals surface area contributed by atoms with Crippen molar-refractivity contribution in [3.8, 4) is 0 Å². The van der Waals surface area contributed by atoms with Crippen LogP contribution < -0.4 is 5.73 Å². The minimum absolute atomic E-state index is 0.147. The molecule has 0 aromatic heterocycles. The first kappa shape index (κ1) is 28.7. The molecule has 4 nitrogen and oxygen atoms in total. The summed E-state index contributed by atoms with van der Waals surface area (Å²) < 4.78 is 0. The van der Waals surface area contributed by atoms with Gasteiger partial charge in [-0.2, -0.15) is 0 Å². The van der Waals surface area contributed by atoms with Crippen molar-refractivity contribution >= 4 is 11.8 Å². The molecule has 33 heavy (non-hydrogen) atoms. The number of amides is 2. The first-order chi connectivity index (χ1) is 15.9. The lowest BCUT2D eigenvalue weighted by Gasteiger charge is -2.31. The van der Waals surface area contributed by atoms with Gasteiger partial charge in [-0.05, 0) is 64.2 Å². The van der Waals surface area contributed by atoms with E-state index in [0.29, 0.717) is 12.8 Å². The van der Waals surface area contributed by atoms with Crippen LogP contribution in [0.25, 0.3) is 0 Å². The van der Waals surface area contributed by atoms with Gasteiger partial charge in [0.05, 0.1) is 0 Å². The average Bonchev–Trinajstić information content (AvgIpc) is 3.23. The molecule has 184 valence electrons. The molecule has 2 amide bonds. The van der Waals surface area contributed by atoms with Gasteiger partial charge < -0.3 is 10.6 Å². The third kappa shape index (κ3) is 13.1. The number of allylic oxidation sites excluding steroid dienone is 10. The molecule has 0 unspecified atom stereocenters. The summed E-state index contributed by atoms with van der Waals surface area (Å²) in [6.07, 6.45) is 32.0. The normalized spacial score (nSPS) is 17.7. The molecule has 1 aliphatic rings. The summed E-state index contributed by atoms with van der Waals surface area (Å²) in [5.74, 6) is -0.0784. The van der Waals surface area contributed by atoms with Gasteiger partial charge in [0.15, 0.2) is 0 Å². The fourth-order valence-electron chi connectivity index (χ4n) is 3.95. The molecule has 0 radical (unpaired) electrons. The fourth-order valence-corrected chi connectivity index (χ4v) is 3.95. The summed E-state index contributed by atoms with van der Waals surface area (Å²) in [6, 6.07) is 0.147. The Hall–Kier alpha value is -2.36.